The van der Waals surface area contributed by atoms with E-state index < -0.39 is 12.0 Å². The van der Waals surface area contributed by atoms with E-state index in [2.05, 4.69) is 12.2 Å². The summed E-state index contributed by atoms with van der Waals surface area (Å²) in [5, 5.41) is 2.54. The highest BCUT2D eigenvalue weighted by Gasteiger charge is 2.36. The minimum atomic E-state index is -0.665. The fraction of sp³-hybridized carbons (Fsp3) is 0.500. The molecule has 3 atom stereocenters. The lowest BCUT2D eigenvalue weighted by Crippen LogP contribution is -2.38. The smallest absolute Gasteiger partial charge is 0.328 e. The standard InChI is InChI=1S/C16H21NO4/c1-4-20-16(19)11(3)17-15(18)8-6-12-5-7-14(21-12)13-9-10(13)2/h5-8,10-11,13H,4,9H2,1-3H3,(H,17,18). The van der Waals surface area contributed by atoms with Crippen molar-refractivity contribution in [3.05, 3.63) is 29.7 Å². The SMILES string of the molecule is CCOC(=O)C(C)NC(=O)C=Cc1ccc(C2CC2C)o1. The molecular weight excluding hydrogens is 270 g/mol. The van der Waals surface area contributed by atoms with Crippen LogP contribution in [0, 0.1) is 5.92 Å². The summed E-state index contributed by atoms with van der Waals surface area (Å²) in [6, 6.07) is 3.13. The van der Waals surface area contributed by atoms with Crippen LogP contribution in [0.1, 0.15) is 44.6 Å². The number of esters is 1. The molecule has 21 heavy (non-hydrogen) atoms. The van der Waals surface area contributed by atoms with Gasteiger partial charge in [-0.15, -0.1) is 0 Å². The Bertz CT molecular complexity index is 546. The third-order valence-corrected chi connectivity index (χ3v) is 3.52. The van der Waals surface area contributed by atoms with Crippen LogP contribution in [0.2, 0.25) is 0 Å². The predicted octanol–water partition coefficient (Wildman–Crippen LogP) is 2.48. The van der Waals surface area contributed by atoms with E-state index >= 15 is 0 Å². The topological polar surface area (TPSA) is 68.5 Å². The molecule has 1 fully saturated rings. The number of hydrogen-bond acceptors (Lipinski definition) is 4. The van der Waals surface area contributed by atoms with Crippen molar-refractivity contribution in [2.75, 3.05) is 6.61 Å². The van der Waals surface area contributed by atoms with Crippen LogP contribution in [-0.4, -0.2) is 24.5 Å². The van der Waals surface area contributed by atoms with Crippen molar-refractivity contribution in [3.8, 4) is 0 Å². The third-order valence-electron chi connectivity index (χ3n) is 3.52. The highest BCUT2D eigenvalue weighted by molar-refractivity contribution is 5.94. The number of amides is 1. The molecule has 0 spiro atoms. The van der Waals surface area contributed by atoms with Crippen LogP contribution in [0.25, 0.3) is 6.08 Å². The van der Waals surface area contributed by atoms with Gasteiger partial charge < -0.3 is 14.5 Å². The van der Waals surface area contributed by atoms with E-state index in [1.165, 1.54) is 6.08 Å². The first kappa shape index (κ1) is 15.4. The van der Waals surface area contributed by atoms with E-state index in [0.29, 0.717) is 24.2 Å². The van der Waals surface area contributed by atoms with Gasteiger partial charge in [0.25, 0.3) is 0 Å². The lowest BCUT2D eigenvalue weighted by molar-refractivity contribution is -0.146. The minimum absolute atomic E-state index is 0.295. The average Bonchev–Trinajstić information content (AvgIpc) is 3.00. The number of furan rings is 1. The molecule has 0 aromatic carbocycles. The number of carbonyl (C=O) groups is 2. The van der Waals surface area contributed by atoms with Gasteiger partial charge in [0.1, 0.15) is 17.6 Å². The van der Waals surface area contributed by atoms with Crippen molar-refractivity contribution >= 4 is 18.0 Å². The van der Waals surface area contributed by atoms with E-state index in [4.69, 9.17) is 9.15 Å². The minimum Gasteiger partial charge on any atom is -0.464 e. The zero-order valence-corrected chi connectivity index (χ0v) is 12.6. The molecule has 1 amide bonds. The Morgan fingerprint density at radius 3 is 2.86 bits per heavy atom. The Morgan fingerprint density at radius 1 is 1.52 bits per heavy atom. The van der Waals surface area contributed by atoms with Gasteiger partial charge >= 0.3 is 5.97 Å². The summed E-state index contributed by atoms with van der Waals surface area (Å²) in [5.74, 6) is 2.02. The largest absolute Gasteiger partial charge is 0.464 e. The van der Waals surface area contributed by atoms with Crippen molar-refractivity contribution in [2.24, 2.45) is 5.92 Å². The molecule has 1 aromatic rings. The molecule has 114 valence electrons. The molecule has 1 N–H and O–H groups in total. The van der Waals surface area contributed by atoms with Gasteiger partial charge in [0.2, 0.25) is 5.91 Å². The summed E-state index contributed by atoms with van der Waals surface area (Å²) in [4.78, 5) is 23.1. The zero-order chi connectivity index (χ0) is 15.4. The van der Waals surface area contributed by atoms with E-state index in [1.54, 1.807) is 19.9 Å². The highest BCUT2D eigenvalue weighted by atomic mass is 16.5. The lowest BCUT2D eigenvalue weighted by atomic mass is 10.3. The van der Waals surface area contributed by atoms with Crippen LogP contribution in [0.3, 0.4) is 0 Å². The van der Waals surface area contributed by atoms with Crippen LogP contribution >= 0.6 is 0 Å². The van der Waals surface area contributed by atoms with E-state index in [1.807, 2.05) is 12.1 Å². The number of hydrogen-bond donors (Lipinski definition) is 1. The van der Waals surface area contributed by atoms with Gasteiger partial charge in [0, 0.05) is 12.0 Å². The molecule has 1 aliphatic rings. The molecule has 0 bridgehead atoms. The maximum atomic E-state index is 11.7. The van der Waals surface area contributed by atoms with Crippen LogP contribution in [0.5, 0.6) is 0 Å². The molecule has 2 rings (SSSR count). The van der Waals surface area contributed by atoms with Gasteiger partial charge in [0.15, 0.2) is 0 Å². The van der Waals surface area contributed by atoms with Crippen LogP contribution in [-0.2, 0) is 14.3 Å². The molecule has 3 unspecified atom stereocenters. The Kier molecular flexibility index (Phi) is 4.83. The first-order valence-electron chi connectivity index (χ1n) is 7.26. The number of carbonyl (C=O) groups excluding carboxylic acids is 2. The Hall–Kier alpha value is -2.04. The molecule has 1 aliphatic carbocycles. The molecular formula is C16H21NO4. The normalized spacial score (nSPS) is 22.0. The molecule has 0 saturated heterocycles. The van der Waals surface area contributed by atoms with Gasteiger partial charge in [-0.3, -0.25) is 4.79 Å². The summed E-state index contributed by atoms with van der Waals surface area (Å²) in [7, 11) is 0. The molecule has 5 nitrogen and oxygen atoms in total. The van der Waals surface area contributed by atoms with Crippen molar-refractivity contribution in [2.45, 2.75) is 39.2 Å². The first-order chi connectivity index (χ1) is 10.0. The number of nitrogens with one attached hydrogen (secondary N) is 1. The molecule has 1 aromatic heterocycles. The van der Waals surface area contributed by atoms with Crippen LogP contribution in [0.4, 0.5) is 0 Å². The molecule has 1 saturated carbocycles. The summed E-state index contributed by atoms with van der Waals surface area (Å²) in [6.45, 7) is 5.79. The van der Waals surface area contributed by atoms with Crippen molar-refractivity contribution < 1.29 is 18.7 Å². The van der Waals surface area contributed by atoms with Gasteiger partial charge in [0.05, 0.1) is 6.61 Å². The number of rotatable bonds is 6. The summed E-state index contributed by atoms with van der Waals surface area (Å²) < 4.78 is 10.5. The Balaban J connectivity index is 1.84. The van der Waals surface area contributed by atoms with Crippen molar-refractivity contribution in [1.29, 1.82) is 0 Å². The van der Waals surface area contributed by atoms with Gasteiger partial charge in [-0.25, -0.2) is 4.79 Å². The fourth-order valence-corrected chi connectivity index (χ4v) is 2.12. The second-order valence-electron chi connectivity index (χ2n) is 5.38. The molecule has 0 aliphatic heterocycles. The van der Waals surface area contributed by atoms with Crippen molar-refractivity contribution in [3.63, 3.8) is 0 Å². The highest BCUT2D eigenvalue weighted by Crippen LogP contribution is 2.47. The summed E-state index contributed by atoms with van der Waals surface area (Å²) >= 11 is 0. The van der Waals surface area contributed by atoms with Crippen LogP contribution in [0.15, 0.2) is 22.6 Å². The van der Waals surface area contributed by atoms with Gasteiger partial charge in [-0.2, -0.15) is 0 Å². The second kappa shape index (κ2) is 6.61. The number of ether oxygens (including phenoxy) is 1. The molecule has 0 radical (unpaired) electrons. The summed E-state index contributed by atoms with van der Waals surface area (Å²) in [5.41, 5.74) is 0. The molecule has 1 heterocycles. The quantitative estimate of drug-likeness (QED) is 0.646. The molecule has 5 heteroatoms. The first-order valence-corrected chi connectivity index (χ1v) is 7.26. The van der Waals surface area contributed by atoms with Gasteiger partial charge in [-0.05, 0) is 44.4 Å². The second-order valence-corrected chi connectivity index (χ2v) is 5.38. The van der Waals surface area contributed by atoms with E-state index in [9.17, 15) is 9.59 Å². The lowest BCUT2D eigenvalue weighted by Gasteiger charge is -2.10. The van der Waals surface area contributed by atoms with Crippen LogP contribution < -0.4 is 5.32 Å². The maximum absolute atomic E-state index is 11.7. The summed E-state index contributed by atoms with van der Waals surface area (Å²) in [6.07, 6.45) is 4.12. The van der Waals surface area contributed by atoms with E-state index in [-0.39, 0.29) is 5.91 Å². The monoisotopic (exact) mass is 291 g/mol. The Labute approximate surface area is 124 Å². The zero-order valence-electron chi connectivity index (χ0n) is 12.6. The van der Waals surface area contributed by atoms with E-state index in [0.717, 1.165) is 12.2 Å². The maximum Gasteiger partial charge on any atom is 0.328 e. The van der Waals surface area contributed by atoms with Gasteiger partial charge in [-0.1, -0.05) is 6.92 Å². The van der Waals surface area contributed by atoms with Crippen molar-refractivity contribution in [1.82, 2.24) is 5.32 Å². The predicted molar refractivity (Wildman–Crippen MR) is 78.5 cm³/mol. The third kappa shape index (κ3) is 4.21. The Morgan fingerprint density at radius 2 is 2.24 bits per heavy atom. The fourth-order valence-electron chi connectivity index (χ4n) is 2.12. The average molecular weight is 291 g/mol.